The van der Waals surface area contributed by atoms with Crippen molar-refractivity contribution in [3.05, 3.63) is 71.4 Å². The lowest BCUT2D eigenvalue weighted by molar-refractivity contribution is -0.125. The summed E-state index contributed by atoms with van der Waals surface area (Å²) in [5, 5.41) is 24.9. The Balaban J connectivity index is 1.83. The largest absolute Gasteiger partial charge is 0.383 e. The summed E-state index contributed by atoms with van der Waals surface area (Å²) in [7, 11) is 0. The highest BCUT2D eigenvalue weighted by Gasteiger charge is 2.37. The molecule has 28 heavy (non-hydrogen) atoms. The maximum Gasteiger partial charge on any atom is 0.133 e. The molecule has 4 rings (SSSR count). The molecule has 140 valence electrons. The van der Waals surface area contributed by atoms with E-state index in [2.05, 4.69) is 6.07 Å². The number of rotatable bonds is 3. The van der Waals surface area contributed by atoms with Crippen LogP contribution in [0.4, 0.5) is 0 Å². The second-order valence-electron chi connectivity index (χ2n) is 7.42. The number of carbonyl (C=O) groups is 1. The van der Waals surface area contributed by atoms with Crippen LogP contribution in [0.5, 0.6) is 0 Å². The van der Waals surface area contributed by atoms with Gasteiger partial charge in [-0.2, -0.15) is 10.4 Å². The van der Waals surface area contributed by atoms with Crippen LogP contribution in [-0.4, -0.2) is 20.7 Å². The van der Waals surface area contributed by atoms with Gasteiger partial charge >= 0.3 is 0 Å². The van der Waals surface area contributed by atoms with Crippen molar-refractivity contribution in [1.29, 1.82) is 5.26 Å². The smallest absolute Gasteiger partial charge is 0.133 e. The summed E-state index contributed by atoms with van der Waals surface area (Å²) in [5.74, 6) is 0.190. The van der Waals surface area contributed by atoms with E-state index in [1.807, 2.05) is 49.4 Å². The Morgan fingerprint density at radius 3 is 2.32 bits per heavy atom. The zero-order chi connectivity index (χ0) is 19.7. The van der Waals surface area contributed by atoms with Crippen molar-refractivity contribution in [3.8, 4) is 23.0 Å². The SMILES string of the molecule is Cc1ccc(-c2cc(C3(O)CCC(=O)CC3)nn2-c2ccc(C#N)cc2)cc1. The van der Waals surface area contributed by atoms with Gasteiger partial charge in [0, 0.05) is 18.4 Å². The van der Waals surface area contributed by atoms with Gasteiger partial charge < -0.3 is 5.11 Å². The summed E-state index contributed by atoms with van der Waals surface area (Å²) in [4.78, 5) is 11.6. The lowest BCUT2D eigenvalue weighted by Gasteiger charge is -2.29. The van der Waals surface area contributed by atoms with Crippen LogP contribution >= 0.6 is 0 Å². The average molecular weight is 371 g/mol. The van der Waals surface area contributed by atoms with E-state index in [0.29, 0.717) is 36.9 Å². The molecule has 1 aliphatic rings. The van der Waals surface area contributed by atoms with Gasteiger partial charge in [0.05, 0.1) is 28.7 Å². The number of nitriles is 1. The fourth-order valence-corrected chi connectivity index (χ4v) is 3.61. The van der Waals surface area contributed by atoms with E-state index in [4.69, 9.17) is 10.4 Å². The fraction of sp³-hybridized carbons (Fsp3) is 0.261. The molecule has 5 nitrogen and oxygen atoms in total. The second-order valence-corrected chi connectivity index (χ2v) is 7.42. The van der Waals surface area contributed by atoms with Crippen molar-refractivity contribution in [1.82, 2.24) is 9.78 Å². The summed E-state index contributed by atoms with van der Waals surface area (Å²) >= 11 is 0. The van der Waals surface area contributed by atoms with Crippen molar-refractivity contribution in [2.45, 2.75) is 38.2 Å². The van der Waals surface area contributed by atoms with E-state index in [9.17, 15) is 9.90 Å². The minimum Gasteiger partial charge on any atom is -0.383 e. The molecule has 2 aromatic carbocycles. The molecule has 0 radical (unpaired) electrons. The molecule has 1 aromatic heterocycles. The zero-order valence-electron chi connectivity index (χ0n) is 15.7. The number of hydrogen-bond donors (Lipinski definition) is 1. The molecule has 1 N–H and O–H groups in total. The van der Waals surface area contributed by atoms with E-state index < -0.39 is 5.60 Å². The molecule has 3 aromatic rings. The van der Waals surface area contributed by atoms with Crippen LogP contribution in [0.2, 0.25) is 0 Å². The van der Waals surface area contributed by atoms with Gasteiger partial charge in [0.25, 0.3) is 0 Å². The van der Waals surface area contributed by atoms with Gasteiger partial charge in [0.2, 0.25) is 0 Å². The van der Waals surface area contributed by atoms with Crippen molar-refractivity contribution in [3.63, 3.8) is 0 Å². The molecule has 0 spiro atoms. The quantitative estimate of drug-likeness (QED) is 0.753. The average Bonchev–Trinajstić information content (AvgIpc) is 3.17. The molecule has 1 fully saturated rings. The number of nitrogens with zero attached hydrogens (tertiary/aromatic N) is 3. The molecule has 0 amide bonds. The maximum absolute atomic E-state index is 11.6. The van der Waals surface area contributed by atoms with Gasteiger partial charge in [-0.3, -0.25) is 4.79 Å². The predicted molar refractivity (Wildman–Crippen MR) is 106 cm³/mol. The number of Topliss-reactive ketones (excluding diaryl/α,β-unsaturated/α-hetero) is 1. The van der Waals surface area contributed by atoms with Crippen molar-refractivity contribution < 1.29 is 9.90 Å². The molecule has 0 bridgehead atoms. The number of ketones is 1. The summed E-state index contributed by atoms with van der Waals surface area (Å²) in [5.41, 5.74) is 3.91. The first-order chi connectivity index (χ1) is 13.5. The number of aryl methyl sites for hydroxylation is 1. The molecule has 1 heterocycles. The monoisotopic (exact) mass is 371 g/mol. The minimum absolute atomic E-state index is 0.190. The van der Waals surface area contributed by atoms with Gasteiger partial charge in [0.15, 0.2) is 0 Å². The van der Waals surface area contributed by atoms with Gasteiger partial charge in [0.1, 0.15) is 11.4 Å². The predicted octanol–water partition coefficient (Wildman–Crippen LogP) is 4.05. The molecular weight excluding hydrogens is 350 g/mol. The van der Waals surface area contributed by atoms with E-state index in [1.54, 1.807) is 16.8 Å². The number of carbonyl (C=O) groups excluding carboxylic acids is 1. The Morgan fingerprint density at radius 2 is 1.71 bits per heavy atom. The van der Waals surface area contributed by atoms with Gasteiger partial charge in [-0.1, -0.05) is 29.8 Å². The Morgan fingerprint density at radius 1 is 1.07 bits per heavy atom. The van der Waals surface area contributed by atoms with Crippen LogP contribution in [0.15, 0.2) is 54.6 Å². The van der Waals surface area contributed by atoms with Crippen molar-refractivity contribution in [2.75, 3.05) is 0 Å². The number of hydrogen-bond acceptors (Lipinski definition) is 4. The zero-order valence-corrected chi connectivity index (χ0v) is 15.7. The van der Waals surface area contributed by atoms with Crippen LogP contribution in [0.3, 0.4) is 0 Å². The minimum atomic E-state index is -1.09. The first kappa shape index (κ1) is 18.1. The first-order valence-corrected chi connectivity index (χ1v) is 9.41. The summed E-state index contributed by atoms with van der Waals surface area (Å²) < 4.78 is 1.80. The highest BCUT2D eigenvalue weighted by atomic mass is 16.3. The second kappa shape index (κ2) is 7.06. The van der Waals surface area contributed by atoms with Crippen LogP contribution in [0.25, 0.3) is 16.9 Å². The molecule has 0 aliphatic heterocycles. The number of aromatic nitrogens is 2. The highest BCUT2D eigenvalue weighted by Crippen LogP contribution is 2.37. The molecule has 1 aliphatic carbocycles. The third kappa shape index (κ3) is 3.35. The van der Waals surface area contributed by atoms with Crippen LogP contribution < -0.4 is 0 Å². The van der Waals surface area contributed by atoms with Gasteiger partial charge in [-0.05, 0) is 50.1 Å². The van der Waals surface area contributed by atoms with Crippen molar-refractivity contribution >= 4 is 5.78 Å². The van der Waals surface area contributed by atoms with Crippen LogP contribution in [-0.2, 0) is 10.4 Å². The van der Waals surface area contributed by atoms with Crippen molar-refractivity contribution in [2.24, 2.45) is 0 Å². The normalized spacial score (nSPS) is 16.0. The molecule has 1 saturated carbocycles. The lowest BCUT2D eigenvalue weighted by atomic mass is 9.82. The molecule has 0 atom stereocenters. The Bertz CT molecular complexity index is 1050. The van der Waals surface area contributed by atoms with Gasteiger partial charge in [-0.25, -0.2) is 4.68 Å². The first-order valence-electron chi connectivity index (χ1n) is 9.41. The lowest BCUT2D eigenvalue weighted by Crippen LogP contribution is -2.32. The van der Waals surface area contributed by atoms with Crippen LogP contribution in [0, 0.1) is 18.3 Å². The summed E-state index contributed by atoms with van der Waals surface area (Å²) in [6.45, 7) is 2.04. The maximum atomic E-state index is 11.6. The number of aliphatic hydroxyl groups is 1. The topological polar surface area (TPSA) is 78.9 Å². The molecule has 0 unspecified atom stereocenters. The fourth-order valence-electron chi connectivity index (χ4n) is 3.61. The third-order valence-corrected chi connectivity index (χ3v) is 5.41. The van der Waals surface area contributed by atoms with E-state index >= 15 is 0 Å². The molecular formula is C23H21N3O2. The Kier molecular flexibility index (Phi) is 4.58. The van der Waals surface area contributed by atoms with Crippen LogP contribution in [0.1, 0.15) is 42.5 Å². The number of benzene rings is 2. The summed E-state index contributed by atoms with van der Waals surface area (Å²) in [6, 6.07) is 19.4. The highest BCUT2D eigenvalue weighted by molar-refractivity contribution is 5.79. The van der Waals surface area contributed by atoms with Gasteiger partial charge in [-0.15, -0.1) is 0 Å². The summed E-state index contributed by atoms with van der Waals surface area (Å²) in [6.07, 6.45) is 1.54. The Labute approximate surface area is 163 Å². The standard InChI is InChI=1S/C23H21N3O2/c1-16-2-6-18(7-3-16)21-14-22(23(28)12-10-20(27)11-13-23)25-26(21)19-8-4-17(15-24)5-9-19/h2-9,14,28H,10-13H2,1H3. The third-order valence-electron chi connectivity index (χ3n) is 5.41. The molecule has 0 saturated heterocycles. The van der Waals surface area contributed by atoms with E-state index in [-0.39, 0.29) is 5.78 Å². The molecule has 5 heteroatoms. The van der Waals surface area contributed by atoms with E-state index in [0.717, 1.165) is 22.5 Å². The van der Waals surface area contributed by atoms with E-state index in [1.165, 1.54) is 0 Å². The Hall–Kier alpha value is -3.23.